The number of aromatic nitrogens is 1. The fraction of sp³-hybridized carbons (Fsp3) is 0.429. The van der Waals surface area contributed by atoms with Crippen molar-refractivity contribution in [2.45, 2.75) is 36.2 Å². The molecule has 1 fully saturated rings. The molecule has 2 aromatic rings. The lowest BCUT2D eigenvalue weighted by atomic mass is 10.1. The second-order valence-electron chi connectivity index (χ2n) is 7.06. The van der Waals surface area contributed by atoms with Gasteiger partial charge in [-0.3, -0.25) is 9.69 Å². The van der Waals surface area contributed by atoms with E-state index in [0.717, 1.165) is 19.5 Å². The van der Waals surface area contributed by atoms with Gasteiger partial charge < -0.3 is 10.0 Å². The summed E-state index contributed by atoms with van der Waals surface area (Å²) in [5, 5.41) is 19.5. The molecule has 2 heterocycles. The SMILES string of the molecule is N#CCCN(Cc1ccccc1)C[C@H]1CCC(=O)N1CCSc1nc(C(=O)O)cs1. The number of nitrogens with zero attached hydrogens (tertiary/aromatic N) is 4. The Balaban J connectivity index is 1.56. The van der Waals surface area contributed by atoms with Crippen LogP contribution in [-0.4, -0.2) is 63.2 Å². The van der Waals surface area contributed by atoms with E-state index in [1.165, 1.54) is 34.0 Å². The van der Waals surface area contributed by atoms with Crippen molar-refractivity contribution in [2.24, 2.45) is 0 Å². The van der Waals surface area contributed by atoms with Gasteiger partial charge in [-0.2, -0.15) is 5.26 Å². The molecule has 7 nitrogen and oxygen atoms in total. The largest absolute Gasteiger partial charge is 0.476 e. The van der Waals surface area contributed by atoms with Gasteiger partial charge in [0.25, 0.3) is 0 Å². The van der Waals surface area contributed by atoms with Crippen LogP contribution >= 0.6 is 23.1 Å². The summed E-state index contributed by atoms with van der Waals surface area (Å²) in [4.78, 5) is 31.6. The molecule has 0 unspecified atom stereocenters. The Labute approximate surface area is 184 Å². The van der Waals surface area contributed by atoms with Gasteiger partial charge in [0.1, 0.15) is 0 Å². The van der Waals surface area contributed by atoms with Crippen molar-refractivity contribution in [3.8, 4) is 6.07 Å². The number of carbonyl (C=O) groups is 2. The number of benzene rings is 1. The molecule has 1 N–H and O–H groups in total. The Morgan fingerprint density at radius 1 is 1.40 bits per heavy atom. The van der Waals surface area contributed by atoms with E-state index in [0.29, 0.717) is 36.0 Å². The predicted octanol–water partition coefficient (Wildman–Crippen LogP) is 3.34. The van der Waals surface area contributed by atoms with Gasteiger partial charge in [-0.1, -0.05) is 42.1 Å². The van der Waals surface area contributed by atoms with Crippen LogP contribution in [-0.2, 0) is 11.3 Å². The number of thiazole rings is 1. The highest BCUT2D eigenvalue weighted by molar-refractivity contribution is 8.01. The number of likely N-dealkylation sites (tertiary alicyclic amines) is 1. The van der Waals surface area contributed by atoms with Gasteiger partial charge in [-0.25, -0.2) is 9.78 Å². The van der Waals surface area contributed by atoms with Gasteiger partial charge in [0.15, 0.2) is 10.0 Å². The van der Waals surface area contributed by atoms with Gasteiger partial charge in [0.2, 0.25) is 5.91 Å². The number of carboxylic acids is 1. The van der Waals surface area contributed by atoms with Crippen LogP contribution in [0.3, 0.4) is 0 Å². The molecule has 1 amide bonds. The third-order valence-corrected chi connectivity index (χ3v) is 6.97. The van der Waals surface area contributed by atoms with Gasteiger partial charge in [0.05, 0.1) is 6.07 Å². The molecule has 1 aliphatic heterocycles. The summed E-state index contributed by atoms with van der Waals surface area (Å²) >= 11 is 2.79. The second kappa shape index (κ2) is 11.1. The van der Waals surface area contributed by atoms with Gasteiger partial charge in [-0.15, -0.1) is 11.3 Å². The van der Waals surface area contributed by atoms with E-state index >= 15 is 0 Å². The van der Waals surface area contributed by atoms with Crippen LogP contribution in [0.4, 0.5) is 0 Å². The molecule has 1 aromatic carbocycles. The zero-order valence-corrected chi connectivity index (χ0v) is 18.2. The van der Waals surface area contributed by atoms with Crippen LogP contribution in [0.5, 0.6) is 0 Å². The minimum Gasteiger partial charge on any atom is -0.476 e. The van der Waals surface area contributed by atoms with E-state index in [1.807, 2.05) is 23.1 Å². The van der Waals surface area contributed by atoms with Crippen LogP contribution in [0.15, 0.2) is 40.1 Å². The van der Waals surface area contributed by atoms with Crippen LogP contribution in [0.25, 0.3) is 0 Å². The molecule has 0 radical (unpaired) electrons. The topological polar surface area (TPSA) is 97.5 Å². The second-order valence-corrected chi connectivity index (χ2v) is 9.26. The minimum absolute atomic E-state index is 0.0617. The van der Waals surface area contributed by atoms with E-state index in [1.54, 1.807) is 0 Å². The molecule has 158 valence electrons. The molecule has 1 saturated heterocycles. The molecule has 1 atom stereocenters. The minimum atomic E-state index is -1.02. The highest BCUT2D eigenvalue weighted by Gasteiger charge is 2.31. The van der Waals surface area contributed by atoms with E-state index in [4.69, 9.17) is 10.4 Å². The summed E-state index contributed by atoms with van der Waals surface area (Å²) in [5.74, 6) is -0.194. The number of thioether (sulfide) groups is 1. The van der Waals surface area contributed by atoms with Crippen molar-refractivity contribution in [2.75, 3.05) is 25.4 Å². The van der Waals surface area contributed by atoms with E-state index in [-0.39, 0.29) is 17.6 Å². The molecule has 0 bridgehead atoms. The van der Waals surface area contributed by atoms with E-state index < -0.39 is 5.97 Å². The fourth-order valence-corrected chi connectivity index (χ4v) is 5.34. The molecule has 3 rings (SSSR count). The molecule has 1 aliphatic rings. The maximum absolute atomic E-state index is 12.4. The number of rotatable bonds is 11. The van der Waals surface area contributed by atoms with E-state index in [9.17, 15) is 9.59 Å². The highest BCUT2D eigenvalue weighted by atomic mass is 32.2. The molecule has 30 heavy (non-hydrogen) atoms. The van der Waals surface area contributed by atoms with Crippen molar-refractivity contribution in [3.05, 3.63) is 47.0 Å². The average molecular weight is 445 g/mol. The lowest BCUT2D eigenvalue weighted by Crippen LogP contribution is -2.43. The first kappa shape index (κ1) is 22.3. The lowest BCUT2D eigenvalue weighted by Gasteiger charge is -2.30. The third kappa shape index (κ3) is 6.29. The molecular weight excluding hydrogens is 420 g/mol. The highest BCUT2D eigenvalue weighted by Crippen LogP contribution is 2.25. The van der Waals surface area contributed by atoms with Crippen molar-refractivity contribution in [1.29, 1.82) is 5.26 Å². The van der Waals surface area contributed by atoms with Crippen LogP contribution in [0, 0.1) is 11.3 Å². The number of carboxylic acid groups (broad SMARTS) is 1. The number of hydrogen-bond acceptors (Lipinski definition) is 7. The predicted molar refractivity (Wildman–Crippen MR) is 116 cm³/mol. The standard InChI is InChI=1S/C21H24N4O3S2/c22-9-4-10-24(13-16-5-2-1-3-6-16)14-17-7-8-19(26)25(17)11-12-29-21-23-18(15-30-21)20(27)28/h1-3,5-6,15,17H,4,7-8,10-14H2,(H,27,28)/t17-/m1/s1. The first-order valence-corrected chi connectivity index (χ1v) is 11.7. The number of hydrogen-bond donors (Lipinski definition) is 1. The lowest BCUT2D eigenvalue weighted by molar-refractivity contribution is -0.128. The number of carbonyl (C=O) groups excluding carboxylic acids is 1. The average Bonchev–Trinajstić information content (AvgIpc) is 3.35. The molecule has 0 aliphatic carbocycles. The first-order chi connectivity index (χ1) is 14.6. The zero-order chi connectivity index (χ0) is 21.3. The molecular formula is C21H24N4O3S2. The van der Waals surface area contributed by atoms with Crippen molar-refractivity contribution in [1.82, 2.24) is 14.8 Å². The van der Waals surface area contributed by atoms with Gasteiger partial charge >= 0.3 is 5.97 Å². The summed E-state index contributed by atoms with van der Waals surface area (Å²) in [5.41, 5.74) is 1.26. The van der Waals surface area contributed by atoms with Crippen LogP contribution in [0.2, 0.25) is 0 Å². The first-order valence-electron chi connectivity index (χ1n) is 9.81. The Hall–Kier alpha value is -2.41. The van der Waals surface area contributed by atoms with E-state index in [2.05, 4.69) is 28.1 Å². The smallest absolute Gasteiger partial charge is 0.355 e. The Morgan fingerprint density at radius 3 is 2.90 bits per heavy atom. The normalized spacial score (nSPS) is 16.2. The molecule has 0 saturated carbocycles. The Bertz CT molecular complexity index is 897. The summed E-state index contributed by atoms with van der Waals surface area (Å²) < 4.78 is 0.704. The maximum atomic E-state index is 12.4. The monoisotopic (exact) mass is 444 g/mol. The fourth-order valence-electron chi connectivity index (χ4n) is 3.53. The maximum Gasteiger partial charge on any atom is 0.355 e. The van der Waals surface area contributed by atoms with Crippen LogP contribution < -0.4 is 0 Å². The van der Waals surface area contributed by atoms with Crippen molar-refractivity contribution in [3.63, 3.8) is 0 Å². The summed E-state index contributed by atoms with van der Waals surface area (Å²) in [6, 6.07) is 12.5. The van der Waals surface area contributed by atoms with Gasteiger partial charge in [0, 0.05) is 56.2 Å². The third-order valence-electron chi connectivity index (χ3n) is 4.97. The van der Waals surface area contributed by atoms with Crippen molar-refractivity contribution >= 4 is 35.0 Å². The summed E-state index contributed by atoms with van der Waals surface area (Å²) in [6.45, 7) is 2.78. The molecule has 0 spiro atoms. The van der Waals surface area contributed by atoms with Crippen molar-refractivity contribution < 1.29 is 14.7 Å². The Morgan fingerprint density at radius 2 is 2.20 bits per heavy atom. The molecule has 1 aromatic heterocycles. The number of nitriles is 1. The molecule has 9 heteroatoms. The summed E-state index contributed by atoms with van der Waals surface area (Å²) in [6.07, 6.45) is 1.83. The number of aromatic carboxylic acids is 1. The van der Waals surface area contributed by atoms with Crippen LogP contribution in [0.1, 0.15) is 35.3 Å². The van der Waals surface area contributed by atoms with Gasteiger partial charge in [-0.05, 0) is 12.0 Å². The number of amides is 1. The zero-order valence-electron chi connectivity index (χ0n) is 16.6. The summed E-state index contributed by atoms with van der Waals surface area (Å²) in [7, 11) is 0. The Kier molecular flexibility index (Phi) is 8.25. The quantitative estimate of drug-likeness (QED) is 0.531.